The summed E-state index contributed by atoms with van der Waals surface area (Å²) in [5.74, 6) is 0. The van der Waals surface area contributed by atoms with E-state index in [0.29, 0.717) is 0 Å². The molecule has 0 radical (unpaired) electrons. The van der Waals surface area contributed by atoms with E-state index in [4.69, 9.17) is 0 Å². The molecule has 0 saturated heterocycles. The maximum Gasteiger partial charge on any atom is 0.235 e. The van der Waals surface area contributed by atoms with Crippen LogP contribution in [0, 0.1) is 0 Å². The highest BCUT2D eigenvalue weighted by Crippen LogP contribution is 2.66. The Morgan fingerprint density at radius 3 is 2.13 bits per heavy atom. The summed E-state index contributed by atoms with van der Waals surface area (Å²) in [5.41, 5.74) is 6.15. The minimum Gasteiger partial charge on any atom is -0.289 e. The van der Waals surface area contributed by atoms with Crippen molar-refractivity contribution >= 4 is 40.0 Å². The Kier molecular flexibility index (Phi) is 3.26. The average molecular weight is 416 g/mol. The molecule has 0 saturated carbocycles. The number of fused-ring (bicyclic) bond motifs is 13. The van der Waals surface area contributed by atoms with Gasteiger partial charge in [0, 0.05) is 39.5 Å². The second kappa shape index (κ2) is 5.94. The van der Waals surface area contributed by atoms with Gasteiger partial charge in [-0.2, -0.15) is 0 Å². The van der Waals surface area contributed by atoms with Crippen LogP contribution in [0.3, 0.4) is 0 Å². The lowest BCUT2D eigenvalue weighted by molar-refractivity contribution is 0.587. The van der Waals surface area contributed by atoms with Crippen LogP contribution in [0.4, 0.5) is 11.4 Å². The van der Waals surface area contributed by atoms with Crippen LogP contribution < -0.4 is 15.3 Å². The van der Waals surface area contributed by atoms with Crippen molar-refractivity contribution in [1.29, 1.82) is 0 Å². The lowest BCUT2D eigenvalue weighted by atomic mass is 9.97. The molecule has 4 aromatic carbocycles. The number of anilines is 2. The summed E-state index contributed by atoms with van der Waals surface area (Å²) < 4.78 is 17.5. The number of hydrogen-bond acceptors (Lipinski definition) is 2. The third kappa shape index (κ3) is 2.04. The summed E-state index contributed by atoms with van der Waals surface area (Å²) in [6.45, 7) is 0. The van der Waals surface area contributed by atoms with Gasteiger partial charge in [0.2, 0.25) is 7.29 Å². The van der Waals surface area contributed by atoms with Gasteiger partial charge in [0.05, 0.1) is 11.4 Å². The van der Waals surface area contributed by atoms with E-state index < -0.39 is 7.29 Å². The highest BCUT2D eigenvalue weighted by Gasteiger charge is 2.47. The summed E-state index contributed by atoms with van der Waals surface area (Å²) in [5, 5.41) is 4.02. The predicted octanol–water partition coefficient (Wildman–Crippen LogP) is 6.26. The molecule has 3 nitrogen and oxygen atoms in total. The Bertz CT molecular complexity index is 1590. The van der Waals surface area contributed by atoms with Crippen molar-refractivity contribution in [2.45, 2.75) is 0 Å². The molecular weight excluding hydrogens is 399 g/mol. The zero-order valence-electron chi connectivity index (χ0n) is 16.6. The Labute approximate surface area is 180 Å². The van der Waals surface area contributed by atoms with Gasteiger partial charge in [-0.1, -0.05) is 72.8 Å². The SMILES string of the molecule is O=P12c3ccccc3-c3cnccc3N1c1c(ccc3ccccc13)-c1ccccc12. The van der Waals surface area contributed by atoms with E-state index in [0.717, 1.165) is 55.0 Å². The highest BCUT2D eigenvalue weighted by molar-refractivity contribution is 7.81. The van der Waals surface area contributed by atoms with Gasteiger partial charge in [0.15, 0.2) is 0 Å². The zero-order chi connectivity index (χ0) is 20.6. The fraction of sp³-hybridized carbons (Fsp3) is 0. The third-order valence-corrected chi connectivity index (χ3v) is 9.53. The summed E-state index contributed by atoms with van der Waals surface area (Å²) in [4.78, 5) is 4.40. The van der Waals surface area contributed by atoms with Crippen LogP contribution in [0.1, 0.15) is 0 Å². The molecule has 0 bridgehead atoms. The summed E-state index contributed by atoms with van der Waals surface area (Å²) in [6.07, 6.45) is 3.69. The van der Waals surface area contributed by atoms with Crippen molar-refractivity contribution in [3.63, 3.8) is 0 Å². The van der Waals surface area contributed by atoms with Gasteiger partial charge in [0.1, 0.15) is 0 Å². The van der Waals surface area contributed by atoms with Crippen molar-refractivity contribution in [3.05, 3.63) is 103 Å². The summed E-state index contributed by atoms with van der Waals surface area (Å²) in [6, 6.07) is 30.9. The summed E-state index contributed by atoms with van der Waals surface area (Å²) >= 11 is 0. The fourth-order valence-electron chi connectivity index (χ4n) is 5.17. The monoisotopic (exact) mass is 416 g/mol. The molecule has 2 aliphatic rings. The van der Waals surface area contributed by atoms with Crippen LogP contribution in [0.2, 0.25) is 0 Å². The van der Waals surface area contributed by atoms with Crippen molar-refractivity contribution in [1.82, 2.24) is 4.98 Å². The van der Waals surface area contributed by atoms with E-state index >= 15 is 4.57 Å². The Morgan fingerprint density at radius 2 is 1.32 bits per heavy atom. The van der Waals surface area contributed by atoms with E-state index in [-0.39, 0.29) is 0 Å². The molecule has 0 spiro atoms. The van der Waals surface area contributed by atoms with Crippen molar-refractivity contribution in [2.24, 2.45) is 0 Å². The van der Waals surface area contributed by atoms with Crippen LogP contribution in [-0.2, 0) is 4.57 Å². The van der Waals surface area contributed by atoms with Crippen molar-refractivity contribution in [2.75, 3.05) is 4.67 Å². The smallest absolute Gasteiger partial charge is 0.235 e. The highest BCUT2D eigenvalue weighted by atomic mass is 31.2. The normalized spacial score (nSPS) is 17.9. The van der Waals surface area contributed by atoms with Crippen LogP contribution in [0.5, 0.6) is 0 Å². The van der Waals surface area contributed by atoms with Crippen molar-refractivity contribution in [3.8, 4) is 22.3 Å². The van der Waals surface area contributed by atoms with Gasteiger partial charge in [-0.05, 0) is 34.7 Å². The molecule has 0 fully saturated rings. The molecule has 2 aliphatic heterocycles. The van der Waals surface area contributed by atoms with Crippen LogP contribution in [0.15, 0.2) is 103 Å². The quantitative estimate of drug-likeness (QED) is 0.279. The van der Waals surface area contributed by atoms with E-state index in [1.54, 1.807) is 6.20 Å². The maximum absolute atomic E-state index is 15.3. The predicted molar refractivity (Wildman–Crippen MR) is 128 cm³/mol. The molecule has 1 aromatic heterocycles. The Balaban J connectivity index is 1.74. The largest absolute Gasteiger partial charge is 0.289 e. The Hall–Kier alpha value is -3.68. The van der Waals surface area contributed by atoms with Gasteiger partial charge in [-0.3, -0.25) is 14.2 Å². The van der Waals surface area contributed by atoms with Gasteiger partial charge in [0.25, 0.3) is 0 Å². The summed E-state index contributed by atoms with van der Waals surface area (Å²) in [7, 11) is -3.16. The van der Waals surface area contributed by atoms with E-state index in [1.165, 1.54) is 0 Å². The molecule has 0 aliphatic carbocycles. The van der Waals surface area contributed by atoms with Gasteiger partial charge in [-0.25, -0.2) is 0 Å². The number of benzene rings is 4. The number of hydrogen-bond donors (Lipinski definition) is 0. The lowest BCUT2D eigenvalue weighted by Crippen LogP contribution is -2.37. The van der Waals surface area contributed by atoms with Crippen LogP contribution >= 0.6 is 7.29 Å². The molecule has 3 heterocycles. The molecule has 146 valence electrons. The fourth-order valence-corrected chi connectivity index (χ4v) is 8.45. The maximum atomic E-state index is 15.3. The first-order valence-electron chi connectivity index (χ1n) is 10.3. The molecular formula is C27H17N2OP. The van der Waals surface area contributed by atoms with Crippen molar-refractivity contribution < 1.29 is 4.57 Å². The number of aromatic nitrogens is 1. The molecule has 0 amide bonds. The van der Waals surface area contributed by atoms with E-state index in [9.17, 15) is 0 Å². The zero-order valence-corrected chi connectivity index (χ0v) is 17.5. The number of pyridine rings is 1. The minimum atomic E-state index is -3.16. The average Bonchev–Trinajstić information content (AvgIpc) is 2.84. The van der Waals surface area contributed by atoms with E-state index in [1.807, 2.05) is 48.7 Å². The third-order valence-electron chi connectivity index (χ3n) is 6.46. The van der Waals surface area contributed by atoms with E-state index in [2.05, 4.69) is 58.2 Å². The Morgan fingerprint density at radius 1 is 0.645 bits per heavy atom. The van der Waals surface area contributed by atoms with Gasteiger partial charge < -0.3 is 0 Å². The lowest BCUT2D eigenvalue weighted by Gasteiger charge is -2.44. The first kappa shape index (κ1) is 17.0. The van der Waals surface area contributed by atoms with Gasteiger partial charge >= 0.3 is 0 Å². The first-order valence-corrected chi connectivity index (χ1v) is 12.0. The molecule has 4 heteroatoms. The first-order chi connectivity index (χ1) is 15.3. The molecule has 1 atom stereocenters. The second-order valence-corrected chi connectivity index (χ2v) is 10.5. The molecule has 5 aromatic rings. The molecule has 31 heavy (non-hydrogen) atoms. The second-order valence-electron chi connectivity index (χ2n) is 8.00. The number of rotatable bonds is 0. The number of nitrogens with zero attached hydrogens (tertiary/aromatic N) is 2. The topological polar surface area (TPSA) is 33.2 Å². The van der Waals surface area contributed by atoms with Crippen LogP contribution in [0.25, 0.3) is 33.0 Å². The van der Waals surface area contributed by atoms with Gasteiger partial charge in [-0.15, -0.1) is 0 Å². The molecule has 0 N–H and O–H groups in total. The minimum absolute atomic E-state index is 0.876. The standard InChI is InChI=1S/C27H17N2OP/c30-31-25-11-5-3-9-20(25)22-14-13-18-7-1-2-8-19(18)27(22)29(31)24-15-16-28-17-23(24)21-10-4-6-12-26(21)31/h1-17H. The van der Waals surface area contributed by atoms with Crippen LogP contribution in [-0.4, -0.2) is 4.98 Å². The molecule has 1 unspecified atom stereocenters. The molecule has 7 rings (SSSR count).